The quantitative estimate of drug-likeness (QED) is 0.111. The Labute approximate surface area is 315 Å². The monoisotopic (exact) mass is 719 g/mol. The van der Waals surface area contributed by atoms with Crippen molar-refractivity contribution in [3.8, 4) is 0 Å². The highest BCUT2D eigenvalue weighted by Crippen LogP contribution is 2.41. The second kappa shape index (κ2) is 21.9. The second-order valence-electron chi connectivity index (χ2n) is 16.3. The molecule has 0 bridgehead atoms. The van der Waals surface area contributed by atoms with E-state index in [-0.39, 0.29) is 19.6 Å². The van der Waals surface area contributed by atoms with E-state index in [2.05, 4.69) is 62.4 Å². The highest BCUT2D eigenvalue weighted by atomic mass is 16.5. The first-order valence-corrected chi connectivity index (χ1v) is 21.1. The molecule has 0 aliphatic heterocycles. The molecule has 2 saturated carbocycles. The van der Waals surface area contributed by atoms with E-state index >= 15 is 0 Å². The van der Waals surface area contributed by atoms with E-state index in [9.17, 15) is 19.8 Å². The molecule has 0 amide bonds. The molecule has 6 heteroatoms. The fourth-order valence-corrected chi connectivity index (χ4v) is 9.22. The van der Waals surface area contributed by atoms with Gasteiger partial charge in [0.15, 0.2) is 0 Å². The van der Waals surface area contributed by atoms with Crippen LogP contribution in [0.2, 0.25) is 0 Å². The van der Waals surface area contributed by atoms with Crippen LogP contribution in [-0.2, 0) is 32.3 Å². The Balaban J connectivity index is 1.39. The Morgan fingerprint density at radius 2 is 1.06 bits per heavy atom. The topological polar surface area (TPSA) is 93.1 Å². The van der Waals surface area contributed by atoms with Crippen LogP contribution < -0.4 is 0 Å². The average Bonchev–Trinajstić information content (AvgIpc) is 3.16. The van der Waals surface area contributed by atoms with Crippen molar-refractivity contribution in [1.29, 1.82) is 0 Å². The lowest BCUT2D eigenvalue weighted by atomic mass is 9.74. The molecule has 52 heavy (non-hydrogen) atoms. The number of benzene rings is 2. The molecular formula is C46H70O6. The Hall–Kier alpha value is -2.70. The maximum absolute atomic E-state index is 12.9. The summed E-state index contributed by atoms with van der Waals surface area (Å²) in [6.07, 6.45) is 19.3. The Kier molecular flexibility index (Phi) is 17.7. The molecule has 0 spiro atoms. The zero-order valence-corrected chi connectivity index (χ0v) is 33.0. The highest BCUT2D eigenvalue weighted by molar-refractivity contribution is 5.76. The maximum atomic E-state index is 12.9. The van der Waals surface area contributed by atoms with Crippen LogP contribution in [0, 0.1) is 17.3 Å². The number of ether oxygens (including phenoxy) is 2. The summed E-state index contributed by atoms with van der Waals surface area (Å²) in [5.74, 6) is 0.901. The van der Waals surface area contributed by atoms with E-state index < -0.39 is 29.6 Å². The molecule has 2 aromatic carbocycles. The van der Waals surface area contributed by atoms with Crippen molar-refractivity contribution in [3.05, 3.63) is 70.8 Å². The van der Waals surface area contributed by atoms with E-state index in [0.717, 1.165) is 23.0 Å². The summed E-state index contributed by atoms with van der Waals surface area (Å²) < 4.78 is 12.9. The van der Waals surface area contributed by atoms with Gasteiger partial charge in [-0.2, -0.15) is 0 Å². The smallest absolute Gasteiger partial charge is 0.312 e. The van der Waals surface area contributed by atoms with Crippen LogP contribution in [0.1, 0.15) is 184 Å². The lowest BCUT2D eigenvalue weighted by Crippen LogP contribution is -2.51. The van der Waals surface area contributed by atoms with Gasteiger partial charge in [0, 0.05) is 0 Å². The van der Waals surface area contributed by atoms with Gasteiger partial charge >= 0.3 is 11.9 Å². The fourth-order valence-electron chi connectivity index (χ4n) is 9.22. The molecule has 2 aromatic rings. The summed E-state index contributed by atoms with van der Waals surface area (Å²) in [5.41, 5.74) is 3.35. The van der Waals surface area contributed by atoms with Crippen molar-refractivity contribution < 1.29 is 29.3 Å². The molecule has 2 aliphatic rings. The minimum absolute atomic E-state index is 0.194. The number of aliphatic carboxylic acids is 2. The number of hydrogen-bond donors (Lipinski definition) is 2. The van der Waals surface area contributed by atoms with Crippen molar-refractivity contribution in [1.82, 2.24) is 0 Å². The summed E-state index contributed by atoms with van der Waals surface area (Å²) in [5, 5.41) is 20.5. The number of carbonyl (C=O) groups is 2. The van der Waals surface area contributed by atoms with Crippen molar-refractivity contribution >= 4 is 11.9 Å². The molecule has 2 unspecified atom stereocenters. The Bertz CT molecular complexity index is 1300. The second-order valence-corrected chi connectivity index (χ2v) is 16.3. The first kappa shape index (κ1) is 42.0. The molecule has 2 aliphatic carbocycles. The molecule has 0 radical (unpaired) electrons. The summed E-state index contributed by atoms with van der Waals surface area (Å²) in [6, 6.07) is 17.2. The minimum Gasteiger partial charge on any atom is -0.481 e. The fraction of sp³-hybridized carbons (Fsp3) is 0.696. The number of carboxylic acids is 2. The predicted octanol–water partition coefficient (Wildman–Crippen LogP) is 12.2. The van der Waals surface area contributed by atoms with Gasteiger partial charge in [0.1, 0.15) is 6.10 Å². The number of rotatable bonds is 23. The first-order valence-electron chi connectivity index (χ1n) is 21.1. The molecule has 0 heterocycles. The zero-order valence-electron chi connectivity index (χ0n) is 33.0. The van der Waals surface area contributed by atoms with Gasteiger partial charge in [0.05, 0.1) is 31.2 Å². The Morgan fingerprint density at radius 1 is 0.635 bits per heavy atom. The van der Waals surface area contributed by atoms with E-state index in [1.54, 1.807) is 0 Å². The van der Waals surface area contributed by atoms with Crippen LogP contribution in [-0.4, -0.2) is 34.4 Å². The van der Waals surface area contributed by atoms with Gasteiger partial charge < -0.3 is 19.7 Å². The summed E-state index contributed by atoms with van der Waals surface area (Å²) in [6.45, 7) is 8.61. The van der Waals surface area contributed by atoms with Crippen molar-refractivity contribution in [2.45, 2.75) is 187 Å². The van der Waals surface area contributed by atoms with Crippen LogP contribution in [0.3, 0.4) is 0 Å². The third-order valence-electron chi connectivity index (χ3n) is 12.9. The van der Waals surface area contributed by atoms with Crippen LogP contribution in [0.25, 0.3) is 0 Å². The highest BCUT2D eigenvalue weighted by Gasteiger charge is 2.48. The molecule has 2 fully saturated rings. The first-order chi connectivity index (χ1) is 25.2. The van der Waals surface area contributed by atoms with Gasteiger partial charge in [-0.1, -0.05) is 128 Å². The van der Waals surface area contributed by atoms with Crippen molar-refractivity contribution in [2.24, 2.45) is 17.3 Å². The molecule has 2 atom stereocenters. The van der Waals surface area contributed by atoms with Gasteiger partial charge in [0.25, 0.3) is 0 Å². The van der Waals surface area contributed by atoms with Gasteiger partial charge in [-0.25, -0.2) is 0 Å². The number of hydrogen-bond acceptors (Lipinski definition) is 4. The molecule has 6 nitrogen and oxygen atoms in total. The van der Waals surface area contributed by atoms with E-state index in [4.69, 9.17) is 9.47 Å². The van der Waals surface area contributed by atoms with E-state index in [0.29, 0.717) is 24.7 Å². The van der Waals surface area contributed by atoms with Crippen molar-refractivity contribution in [3.63, 3.8) is 0 Å². The standard InChI is InChI=1S/C46H70O6/c1-5-9-11-13-34-15-23-38(24-16-34)40-27-19-36(20-28-40)32-51-42(31-43(47)48)44(46(7-3,8-4)45(49)50)52-33-37-21-29-41(30-22-37)39-25-17-35(18-26-39)14-12-10-6-2/h19-22,27-30,34-35,38-39,42,44H,5-18,23-26,31-33H2,1-4H3,(H,47,48)(H,49,50). The molecule has 2 N–H and O–H groups in total. The lowest BCUT2D eigenvalue weighted by Gasteiger charge is -2.39. The molecule has 0 saturated heterocycles. The van der Waals surface area contributed by atoms with Crippen LogP contribution in [0.4, 0.5) is 0 Å². The maximum Gasteiger partial charge on any atom is 0.312 e. The number of unbranched alkanes of at least 4 members (excludes halogenated alkanes) is 4. The van der Waals surface area contributed by atoms with Gasteiger partial charge in [-0.05, 0) is 110 Å². The van der Waals surface area contributed by atoms with Crippen LogP contribution in [0.15, 0.2) is 48.5 Å². The average molecular weight is 719 g/mol. The largest absolute Gasteiger partial charge is 0.481 e. The van der Waals surface area contributed by atoms with E-state index in [1.165, 1.54) is 114 Å². The molecule has 4 rings (SSSR count). The SMILES string of the molecule is CCCCCC1CCC(c2ccc(COC(CC(=O)O)C(OCc3ccc(C4CCC(CCCCC)CC4)cc3)C(CC)(CC)C(=O)O)cc2)CC1. The lowest BCUT2D eigenvalue weighted by molar-refractivity contribution is -0.184. The number of carboxylic acid groups (broad SMARTS) is 2. The molecule has 0 aromatic heterocycles. The summed E-state index contributed by atoms with van der Waals surface area (Å²) >= 11 is 0. The Morgan fingerprint density at radius 3 is 1.42 bits per heavy atom. The normalized spacial score (nSPS) is 22.2. The van der Waals surface area contributed by atoms with Crippen LogP contribution in [0.5, 0.6) is 0 Å². The molecular weight excluding hydrogens is 649 g/mol. The van der Waals surface area contributed by atoms with Gasteiger partial charge in [-0.15, -0.1) is 0 Å². The minimum atomic E-state index is -1.28. The van der Waals surface area contributed by atoms with Gasteiger partial charge in [0.2, 0.25) is 0 Å². The third-order valence-corrected chi connectivity index (χ3v) is 12.9. The summed E-state index contributed by atoms with van der Waals surface area (Å²) in [7, 11) is 0. The van der Waals surface area contributed by atoms with Gasteiger partial charge in [-0.3, -0.25) is 9.59 Å². The third kappa shape index (κ3) is 12.2. The summed E-state index contributed by atoms with van der Waals surface area (Å²) in [4.78, 5) is 25.1. The van der Waals surface area contributed by atoms with Crippen LogP contribution >= 0.6 is 0 Å². The van der Waals surface area contributed by atoms with Crippen molar-refractivity contribution in [2.75, 3.05) is 0 Å². The zero-order chi connectivity index (χ0) is 37.3. The molecule has 290 valence electrons. The van der Waals surface area contributed by atoms with E-state index in [1.807, 2.05) is 13.8 Å². The predicted molar refractivity (Wildman–Crippen MR) is 211 cm³/mol.